The third kappa shape index (κ3) is 5.30. The van der Waals surface area contributed by atoms with Crippen LogP contribution in [0.1, 0.15) is 12.0 Å². The van der Waals surface area contributed by atoms with Crippen molar-refractivity contribution in [3.63, 3.8) is 0 Å². The first-order valence-electron chi connectivity index (χ1n) is 5.39. The highest BCUT2D eigenvalue weighted by atomic mass is 79.9. The molecule has 0 aliphatic heterocycles. The highest BCUT2D eigenvalue weighted by Crippen LogP contribution is 2.22. The van der Waals surface area contributed by atoms with Gasteiger partial charge in [-0.15, -0.1) is 0 Å². The van der Waals surface area contributed by atoms with E-state index in [0.717, 1.165) is 35.6 Å². The van der Waals surface area contributed by atoms with E-state index in [-0.39, 0.29) is 0 Å². The SMILES string of the molecule is CN(C)CCCNCc1ccc(Br)c(Cl)c1. The van der Waals surface area contributed by atoms with Crippen LogP contribution in [-0.2, 0) is 6.54 Å². The van der Waals surface area contributed by atoms with Crippen LogP contribution < -0.4 is 5.32 Å². The number of rotatable bonds is 6. The van der Waals surface area contributed by atoms with Crippen LogP contribution in [-0.4, -0.2) is 32.1 Å². The highest BCUT2D eigenvalue weighted by molar-refractivity contribution is 9.10. The van der Waals surface area contributed by atoms with E-state index in [4.69, 9.17) is 11.6 Å². The number of halogens is 2. The standard InChI is InChI=1S/C12H18BrClN2/c1-16(2)7-3-6-15-9-10-4-5-11(13)12(14)8-10/h4-5,8,15H,3,6-7,9H2,1-2H3. The molecule has 4 heteroatoms. The number of nitrogens with zero attached hydrogens (tertiary/aromatic N) is 1. The Morgan fingerprint density at radius 2 is 2.12 bits per heavy atom. The molecule has 0 saturated heterocycles. The van der Waals surface area contributed by atoms with E-state index < -0.39 is 0 Å². The number of hydrogen-bond acceptors (Lipinski definition) is 2. The van der Waals surface area contributed by atoms with Crippen molar-refractivity contribution < 1.29 is 0 Å². The largest absolute Gasteiger partial charge is 0.313 e. The lowest BCUT2D eigenvalue weighted by Gasteiger charge is -2.10. The lowest BCUT2D eigenvalue weighted by atomic mass is 10.2. The Labute approximate surface area is 111 Å². The summed E-state index contributed by atoms with van der Waals surface area (Å²) in [7, 11) is 4.18. The van der Waals surface area contributed by atoms with Crippen molar-refractivity contribution in [2.24, 2.45) is 0 Å². The van der Waals surface area contributed by atoms with Gasteiger partial charge in [0.25, 0.3) is 0 Å². The Hall–Kier alpha value is -0.0900. The molecule has 0 aliphatic carbocycles. The molecule has 0 aromatic heterocycles. The fourth-order valence-corrected chi connectivity index (χ4v) is 1.85. The summed E-state index contributed by atoms with van der Waals surface area (Å²) in [4.78, 5) is 2.19. The Bertz CT molecular complexity index is 329. The van der Waals surface area contributed by atoms with Gasteiger partial charge in [-0.25, -0.2) is 0 Å². The topological polar surface area (TPSA) is 15.3 Å². The Morgan fingerprint density at radius 3 is 2.75 bits per heavy atom. The van der Waals surface area contributed by atoms with Gasteiger partial charge in [-0.3, -0.25) is 0 Å². The predicted molar refractivity (Wildman–Crippen MR) is 74.0 cm³/mol. The molecule has 1 aromatic carbocycles. The minimum Gasteiger partial charge on any atom is -0.313 e. The van der Waals surface area contributed by atoms with E-state index >= 15 is 0 Å². The molecule has 0 unspecified atom stereocenters. The van der Waals surface area contributed by atoms with Gasteiger partial charge in [0.1, 0.15) is 0 Å². The normalized spacial score (nSPS) is 11.1. The molecule has 1 N–H and O–H groups in total. The number of benzene rings is 1. The van der Waals surface area contributed by atoms with Crippen LogP contribution >= 0.6 is 27.5 Å². The smallest absolute Gasteiger partial charge is 0.0551 e. The van der Waals surface area contributed by atoms with Crippen LogP contribution in [0.15, 0.2) is 22.7 Å². The van der Waals surface area contributed by atoms with E-state index in [1.807, 2.05) is 12.1 Å². The van der Waals surface area contributed by atoms with Crippen LogP contribution in [0.3, 0.4) is 0 Å². The molecular formula is C12H18BrClN2. The summed E-state index contributed by atoms with van der Waals surface area (Å²) >= 11 is 9.39. The molecule has 0 bridgehead atoms. The molecule has 2 nitrogen and oxygen atoms in total. The monoisotopic (exact) mass is 304 g/mol. The van der Waals surface area contributed by atoms with Crippen molar-refractivity contribution in [1.82, 2.24) is 10.2 Å². The van der Waals surface area contributed by atoms with Gasteiger partial charge in [0, 0.05) is 11.0 Å². The molecule has 0 amide bonds. The molecule has 0 heterocycles. The maximum absolute atomic E-state index is 6.01. The quantitative estimate of drug-likeness (QED) is 0.812. The minimum absolute atomic E-state index is 0.771. The van der Waals surface area contributed by atoms with Gasteiger partial charge in [0.2, 0.25) is 0 Å². The number of hydrogen-bond donors (Lipinski definition) is 1. The highest BCUT2D eigenvalue weighted by Gasteiger charge is 1.98. The molecule has 0 fully saturated rings. The van der Waals surface area contributed by atoms with E-state index in [9.17, 15) is 0 Å². The third-order valence-corrected chi connectivity index (χ3v) is 3.50. The second-order valence-electron chi connectivity index (χ2n) is 4.08. The van der Waals surface area contributed by atoms with E-state index in [0.29, 0.717) is 0 Å². The summed E-state index contributed by atoms with van der Waals surface area (Å²) in [5.41, 5.74) is 1.22. The molecule has 0 spiro atoms. The van der Waals surface area contributed by atoms with Gasteiger partial charge in [0.05, 0.1) is 5.02 Å². The summed E-state index contributed by atoms with van der Waals surface area (Å²) < 4.78 is 0.950. The Balaban J connectivity index is 2.24. The van der Waals surface area contributed by atoms with Gasteiger partial charge >= 0.3 is 0 Å². The van der Waals surface area contributed by atoms with Crippen LogP contribution in [0.2, 0.25) is 5.02 Å². The van der Waals surface area contributed by atoms with E-state index in [2.05, 4.69) is 46.3 Å². The van der Waals surface area contributed by atoms with Crippen LogP contribution in [0.4, 0.5) is 0 Å². The van der Waals surface area contributed by atoms with Crippen molar-refractivity contribution in [2.45, 2.75) is 13.0 Å². The molecule has 0 radical (unpaired) electrons. The maximum atomic E-state index is 6.01. The minimum atomic E-state index is 0.771. The fraction of sp³-hybridized carbons (Fsp3) is 0.500. The second kappa shape index (κ2) is 7.28. The van der Waals surface area contributed by atoms with Crippen molar-refractivity contribution in [1.29, 1.82) is 0 Å². The average molecular weight is 306 g/mol. The van der Waals surface area contributed by atoms with Gasteiger partial charge in [-0.05, 0) is 67.2 Å². The second-order valence-corrected chi connectivity index (χ2v) is 5.34. The zero-order valence-corrected chi connectivity index (χ0v) is 12.1. The first kappa shape index (κ1) is 14.0. The molecule has 0 saturated carbocycles. The zero-order valence-electron chi connectivity index (χ0n) is 9.76. The van der Waals surface area contributed by atoms with Crippen LogP contribution in [0.5, 0.6) is 0 Å². The lowest BCUT2D eigenvalue weighted by Crippen LogP contribution is -2.20. The van der Waals surface area contributed by atoms with Crippen molar-refractivity contribution in [2.75, 3.05) is 27.2 Å². The van der Waals surface area contributed by atoms with Crippen molar-refractivity contribution >= 4 is 27.5 Å². The van der Waals surface area contributed by atoms with Gasteiger partial charge in [0.15, 0.2) is 0 Å². The molecule has 1 rings (SSSR count). The first-order valence-corrected chi connectivity index (χ1v) is 6.56. The van der Waals surface area contributed by atoms with Gasteiger partial charge < -0.3 is 10.2 Å². The van der Waals surface area contributed by atoms with Gasteiger partial charge in [-0.1, -0.05) is 17.7 Å². The summed E-state index contributed by atoms with van der Waals surface area (Å²) in [6.07, 6.45) is 1.16. The van der Waals surface area contributed by atoms with E-state index in [1.54, 1.807) is 0 Å². The summed E-state index contributed by atoms with van der Waals surface area (Å²) in [6.45, 7) is 3.03. The first-order chi connectivity index (χ1) is 7.59. The molecule has 1 aromatic rings. The summed E-state index contributed by atoms with van der Waals surface area (Å²) in [5, 5.41) is 4.17. The van der Waals surface area contributed by atoms with Crippen LogP contribution in [0, 0.1) is 0 Å². The molecule has 0 atom stereocenters. The maximum Gasteiger partial charge on any atom is 0.0551 e. The summed E-state index contributed by atoms with van der Waals surface area (Å²) in [5.74, 6) is 0. The Morgan fingerprint density at radius 1 is 1.38 bits per heavy atom. The average Bonchev–Trinajstić information content (AvgIpc) is 2.22. The lowest BCUT2D eigenvalue weighted by molar-refractivity contribution is 0.394. The Kier molecular flexibility index (Phi) is 6.36. The molecule has 90 valence electrons. The van der Waals surface area contributed by atoms with Crippen molar-refractivity contribution in [3.05, 3.63) is 33.3 Å². The molecule has 16 heavy (non-hydrogen) atoms. The van der Waals surface area contributed by atoms with E-state index in [1.165, 1.54) is 5.56 Å². The van der Waals surface area contributed by atoms with Crippen LogP contribution in [0.25, 0.3) is 0 Å². The van der Waals surface area contributed by atoms with Crippen molar-refractivity contribution in [3.8, 4) is 0 Å². The van der Waals surface area contributed by atoms with Gasteiger partial charge in [-0.2, -0.15) is 0 Å². The molecular weight excluding hydrogens is 288 g/mol. The number of nitrogens with one attached hydrogen (secondary N) is 1. The predicted octanol–water partition coefficient (Wildman–Crippen LogP) is 3.14. The fourth-order valence-electron chi connectivity index (χ4n) is 1.40. The zero-order chi connectivity index (χ0) is 12.0. The molecule has 0 aliphatic rings. The summed E-state index contributed by atoms with van der Waals surface area (Å²) in [6, 6.07) is 6.05. The third-order valence-electron chi connectivity index (χ3n) is 2.27.